The maximum Gasteiger partial charge on any atom is 0.167 e. The van der Waals surface area contributed by atoms with Crippen LogP contribution in [0.2, 0.25) is 0 Å². The molecule has 1 aromatic heterocycles. The summed E-state index contributed by atoms with van der Waals surface area (Å²) in [6.07, 6.45) is 0.795. The van der Waals surface area contributed by atoms with Gasteiger partial charge in [0.2, 0.25) is 0 Å². The van der Waals surface area contributed by atoms with Crippen LogP contribution in [-0.4, -0.2) is 22.0 Å². The summed E-state index contributed by atoms with van der Waals surface area (Å²) < 4.78 is 6.70. The first kappa shape index (κ1) is 12.3. The molecule has 0 spiro atoms. The van der Waals surface area contributed by atoms with Crippen molar-refractivity contribution < 1.29 is 9.84 Å². The van der Waals surface area contributed by atoms with E-state index >= 15 is 0 Å². The molecule has 1 heterocycles. The van der Waals surface area contributed by atoms with Crippen molar-refractivity contribution in [3.63, 3.8) is 0 Å². The van der Waals surface area contributed by atoms with Crippen molar-refractivity contribution in [1.82, 2.24) is 9.78 Å². The van der Waals surface area contributed by atoms with Gasteiger partial charge in [-0.1, -0.05) is 13.0 Å². The van der Waals surface area contributed by atoms with E-state index in [1.54, 1.807) is 23.9 Å². The number of methoxy groups -OCH3 is 1. The zero-order valence-corrected chi connectivity index (χ0v) is 10.8. The third kappa shape index (κ3) is 1.88. The van der Waals surface area contributed by atoms with Gasteiger partial charge >= 0.3 is 0 Å². The first-order valence-corrected chi connectivity index (χ1v) is 5.77. The number of aryl methyl sites for hydroxylation is 2. The van der Waals surface area contributed by atoms with Crippen LogP contribution in [0.25, 0.3) is 11.3 Å². The molecule has 18 heavy (non-hydrogen) atoms. The van der Waals surface area contributed by atoms with Gasteiger partial charge in [-0.25, -0.2) is 0 Å². The highest BCUT2D eigenvalue weighted by Gasteiger charge is 2.17. The summed E-state index contributed by atoms with van der Waals surface area (Å²) in [4.78, 5) is 0. The zero-order chi connectivity index (χ0) is 13.3. The molecule has 0 unspecified atom stereocenters. The lowest BCUT2D eigenvalue weighted by Crippen LogP contribution is -1.97. The van der Waals surface area contributed by atoms with Crippen LogP contribution < -0.4 is 10.5 Å². The number of rotatable bonds is 3. The van der Waals surface area contributed by atoms with Crippen molar-refractivity contribution >= 4 is 5.82 Å². The largest absolute Gasteiger partial charge is 0.504 e. The van der Waals surface area contributed by atoms with E-state index in [9.17, 15) is 5.11 Å². The molecule has 0 aliphatic heterocycles. The lowest BCUT2D eigenvalue weighted by molar-refractivity contribution is 0.374. The number of anilines is 1. The fourth-order valence-corrected chi connectivity index (χ4v) is 1.96. The summed E-state index contributed by atoms with van der Waals surface area (Å²) in [5.41, 5.74) is 8.12. The van der Waals surface area contributed by atoms with Gasteiger partial charge in [0.05, 0.1) is 18.4 Å². The average molecular weight is 247 g/mol. The molecule has 0 radical (unpaired) electrons. The maximum absolute atomic E-state index is 10.2. The van der Waals surface area contributed by atoms with Crippen LogP contribution in [0.4, 0.5) is 5.82 Å². The van der Waals surface area contributed by atoms with Crippen LogP contribution in [0, 0.1) is 0 Å². The van der Waals surface area contributed by atoms with Gasteiger partial charge in [-0.2, -0.15) is 5.10 Å². The SMILES string of the molecule is CCc1ccc(OC)c(O)c1-c1cc(N)n(C)n1. The van der Waals surface area contributed by atoms with E-state index in [0.29, 0.717) is 22.8 Å². The average Bonchev–Trinajstić information content (AvgIpc) is 2.68. The third-order valence-electron chi connectivity index (χ3n) is 3.00. The molecule has 5 heteroatoms. The Labute approximate surface area is 106 Å². The molecule has 2 aromatic rings. The molecule has 0 fully saturated rings. The Hall–Kier alpha value is -2.17. The molecule has 2 rings (SSSR count). The second kappa shape index (κ2) is 4.60. The molecule has 3 N–H and O–H groups in total. The normalized spacial score (nSPS) is 10.6. The van der Waals surface area contributed by atoms with Gasteiger partial charge < -0.3 is 15.6 Å². The van der Waals surface area contributed by atoms with E-state index in [2.05, 4.69) is 5.10 Å². The second-order valence-corrected chi connectivity index (χ2v) is 4.08. The number of benzene rings is 1. The standard InChI is InChI=1S/C13H17N3O2/c1-4-8-5-6-10(18-3)13(17)12(8)9-7-11(14)16(2)15-9/h5-7,17H,4,14H2,1-3H3. The molecule has 0 atom stereocenters. The van der Waals surface area contributed by atoms with Crippen LogP contribution in [-0.2, 0) is 13.5 Å². The lowest BCUT2D eigenvalue weighted by atomic mass is 10.0. The summed E-state index contributed by atoms with van der Waals surface area (Å²) in [6.45, 7) is 2.02. The van der Waals surface area contributed by atoms with Crippen LogP contribution in [0.5, 0.6) is 11.5 Å². The van der Waals surface area contributed by atoms with E-state index in [1.807, 2.05) is 13.0 Å². The number of nitrogen functional groups attached to an aromatic ring is 1. The summed E-state index contributed by atoms with van der Waals surface area (Å²) in [6, 6.07) is 5.43. The minimum atomic E-state index is 0.106. The predicted octanol–water partition coefficient (Wildman–Crippen LogP) is 1.95. The monoisotopic (exact) mass is 247 g/mol. The number of phenols is 1. The highest BCUT2D eigenvalue weighted by atomic mass is 16.5. The number of hydrogen-bond donors (Lipinski definition) is 2. The Kier molecular flexibility index (Phi) is 3.14. The Morgan fingerprint density at radius 3 is 2.67 bits per heavy atom. The van der Waals surface area contributed by atoms with Gasteiger partial charge in [0.25, 0.3) is 0 Å². The molecule has 0 aliphatic carbocycles. The van der Waals surface area contributed by atoms with Crippen molar-refractivity contribution in [2.45, 2.75) is 13.3 Å². The number of aromatic hydroxyl groups is 1. The number of ether oxygens (including phenoxy) is 1. The molecule has 0 saturated heterocycles. The summed E-state index contributed by atoms with van der Waals surface area (Å²) >= 11 is 0. The van der Waals surface area contributed by atoms with E-state index in [4.69, 9.17) is 10.5 Å². The summed E-state index contributed by atoms with van der Waals surface area (Å²) in [5, 5.41) is 14.5. The van der Waals surface area contributed by atoms with Gasteiger partial charge in [0.1, 0.15) is 5.82 Å². The van der Waals surface area contributed by atoms with Crippen molar-refractivity contribution in [2.75, 3.05) is 12.8 Å². The van der Waals surface area contributed by atoms with Crippen molar-refractivity contribution in [3.8, 4) is 22.8 Å². The Bertz CT molecular complexity index is 556. The van der Waals surface area contributed by atoms with Gasteiger partial charge in [-0.3, -0.25) is 4.68 Å². The van der Waals surface area contributed by atoms with E-state index < -0.39 is 0 Å². The molecule has 96 valence electrons. The molecule has 0 aliphatic rings. The zero-order valence-electron chi connectivity index (χ0n) is 10.8. The molecular weight excluding hydrogens is 230 g/mol. The number of aromatic nitrogens is 2. The summed E-state index contributed by atoms with van der Waals surface area (Å²) in [5.74, 6) is 1.09. The quantitative estimate of drug-likeness (QED) is 0.869. The fraction of sp³-hybridized carbons (Fsp3) is 0.308. The van der Waals surface area contributed by atoms with Gasteiger partial charge in [-0.05, 0) is 18.1 Å². The third-order valence-corrected chi connectivity index (χ3v) is 3.00. The van der Waals surface area contributed by atoms with Crippen LogP contribution in [0.1, 0.15) is 12.5 Å². The van der Waals surface area contributed by atoms with Crippen molar-refractivity contribution in [3.05, 3.63) is 23.8 Å². The Morgan fingerprint density at radius 2 is 2.17 bits per heavy atom. The first-order valence-electron chi connectivity index (χ1n) is 5.77. The second-order valence-electron chi connectivity index (χ2n) is 4.08. The van der Waals surface area contributed by atoms with Crippen LogP contribution >= 0.6 is 0 Å². The molecular formula is C13H17N3O2. The van der Waals surface area contributed by atoms with E-state index in [1.165, 1.54) is 7.11 Å². The molecule has 0 saturated carbocycles. The Balaban J connectivity index is 2.67. The first-order chi connectivity index (χ1) is 8.58. The minimum Gasteiger partial charge on any atom is -0.504 e. The topological polar surface area (TPSA) is 73.3 Å². The van der Waals surface area contributed by atoms with Gasteiger partial charge in [0.15, 0.2) is 11.5 Å². The summed E-state index contributed by atoms with van der Waals surface area (Å²) in [7, 11) is 3.29. The van der Waals surface area contributed by atoms with Crippen LogP contribution in [0.15, 0.2) is 18.2 Å². The predicted molar refractivity (Wildman–Crippen MR) is 70.7 cm³/mol. The number of nitrogens with two attached hydrogens (primary N) is 1. The molecule has 0 amide bonds. The molecule has 1 aromatic carbocycles. The smallest absolute Gasteiger partial charge is 0.167 e. The van der Waals surface area contributed by atoms with Crippen molar-refractivity contribution in [2.24, 2.45) is 7.05 Å². The Morgan fingerprint density at radius 1 is 1.44 bits per heavy atom. The highest BCUT2D eigenvalue weighted by Crippen LogP contribution is 2.39. The van der Waals surface area contributed by atoms with E-state index in [0.717, 1.165) is 12.0 Å². The highest BCUT2D eigenvalue weighted by molar-refractivity contribution is 5.75. The number of phenolic OH excluding ortho intramolecular Hbond substituents is 1. The maximum atomic E-state index is 10.2. The van der Waals surface area contributed by atoms with Crippen molar-refractivity contribution in [1.29, 1.82) is 0 Å². The van der Waals surface area contributed by atoms with Gasteiger partial charge in [-0.15, -0.1) is 0 Å². The number of nitrogens with zero attached hydrogens (tertiary/aromatic N) is 2. The number of hydrogen-bond acceptors (Lipinski definition) is 4. The minimum absolute atomic E-state index is 0.106. The van der Waals surface area contributed by atoms with Gasteiger partial charge in [0, 0.05) is 13.1 Å². The lowest BCUT2D eigenvalue weighted by Gasteiger charge is -2.11. The molecule has 0 bridgehead atoms. The fourth-order valence-electron chi connectivity index (χ4n) is 1.96. The van der Waals surface area contributed by atoms with E-state index in [-0.39, 0.29) is 5.75 Å². The molecule has 5 nitrogen and oxygen atoms in total. The van der Waals surface area contributed by atoms with Crippen LogP contribution in [0.3, 0.4) is 0 Å².